The van der Waals surface area contributed by atoms with Crippen LogP contribution in [-0.2, 0) is 4.74 Å². The molecule has 1 rings (SSSR count). The highest BCUT2D eigenvalue weighted by Gasteiger charge is 1.93. The van der Waals surface area contributed by atoms with Crippen molar-refractivity contribution in [2.45, 2.75) is 57.8 Å². The highest BCUT2D eigenvalue weighted by Crippen LogP contribution is 2.10. The maximum absolute atomic E-state index is 5.37. The number of allylic oxidation sites excluding steroid dienone is 1. The van der Waals surface area contributed by atoms with E-state index in [9.17, 15) is 0 Å². The molecule has 1 nitrogen and oxygen atoms in total. The van der Waals surface area contributed by atoms with Crippen molar-refractivity contribution in [3.63, 3.8) is 0 Å². The molecule has 0 saturated heterocycles. The van der Waals surface area contributed by atoms with Crippen LogP contribution in [0.1, 0.15) is 57.8 Å². The first-order chi connectivity index (χ1) is 6.50. The van der Waals surface area contributed by atoms with Crippen molar-refractivity contribution < 1.29 is 4.74 Å². The number of ether oxygens (including phenoxy) is 1. The average molecular weight is 182 g/mol. The smallest absolute Gasteiger partial charge is 0.0873 e. The minimum Gasteiger partial charge on any atom is -0.502 e. The molecule has 0 bridgehead atoms. The van der Waals surface area contributed by atoms with Gasteiger partial charge in [-0.3, -0.25) is 0 Å². The molecule has 0 aromatic rings. The summed E-state index contributed by atoms with van der Waals surface area (Å²) in [5, 5.41) is 0. The molecule has 0 amide bonds. The van der Waals surface area contributed by atoms with Crippen molar-refractivity contribution in [3.05, 3.63) is 12.3 Å². The second-order valence-electron chi connectivity index (χ2n) is 3.86. The molecule has 13 heavy (non-hydrogen) atoms. The van der Waals surface area contributed by atoms with Crippen molar-refractivity contribution in [2.24, 2.45) is 0 Å². The summed E-state index contributed by atoms with van der Waals surface area (Å²) in [5.41, 5.74) is 0. The summed E-state index contributed by atoms with van der Waals surface area (Å²) in [4.78, 5) is 0. The largest absolute Gasteiger partial charge is 0.502 e. The van der Waals surface area contributed by atoms with Crippen LogP contribution in [0.5, 0.6) is 0 Å². The third-order valence-corrected chi connectivity index (χ3v) is 2.58. The molecule has 76 valence electrons. The minimum absolute atomic E-state index is 0.913. The molecule has 0 aromatic carbocycles. The Kier molecular flexibility index (Phi) is 6.66. The SMILES string of the molecule is C1=COCCCCCCCCCC1. The Bertz CT molecular complexity index is 115. The zero-order chi connectivity index (χ0) is 9.19. The van der Waals surface area contributed by atoms with E-state index in [4.69, 9.17) is 4.74 Å². The highest BCUT2D eigenvalue weighted by atomic mass is 16.5. The van der Waals surface area contributed by atoms with Gasteiger partial charge < -0.3 is 4.74 Å². The molecule has 1 aliphatic heterocycles. The van der Waals surface area contributed by atoms with Gasteiger partial charge in [-0.05, 0) is 25.3 Å². The molecule has 0 saturated carbocycles. The van der Waals surface area contributed by atoms with Gasteiger partial charge in [0, 0.05) is 0 Å². The topological polar surface area (TPSA) is 9.23 Å². The summed E-state index contributed by atoms with van der Waals surface area (Å²) in [6, 6.07) is 0. The number of hydrogen-bond donors (Lipinski definition) is 0. The average Bonchev–Trinajstić information content (AvgIpc) is 2.18. The zero-order valence-corrected chi connectivity index (χ0v) is 8.63. The molecule has 1 aliphatic rings. The van der Waals surface area contributed by atoms with Gasteiger partial charge in [0.05, 0.1) is 12.9 Å². The predicted molar refractivity (Wildman–Crippen MR) is 56.6 cm³/mol. The van der Waals surface area contributed by atoms with E-state index < -0.39 is 0 Å². The van der Waals surface area contributed by atoms with Crippen LogP contribution in [0, 0.1) is 0 Å². The van der Waals surface area contributed by atoms with E-state index >= 15 is 0 Å². The fourth-order valence-corrected chi connectivity index (χ4v) is 1.71. The molecule has 1 heteroatoms. The second kappa shape index (κ2) is 8.15. The van der Waals surface area contributed by atoms with E-state index in [1.54, 1.807) is 0 Å². The van der Waals surface area contributed by atoms with Crippen molar-refractivity contribution in [3.8, 4) is 0 Å². The molecule has 0 unspecified atom stereocenters. The Balaban J connectivity index is 2.09. The first kappa shape index (κ1) is 10.6. The van der Waals surface area contributed by atoms with E-state index in [-0.39, 0.29) is 0 Å². The van der Waals surface area contributed by atoms with E-state index in [2.05, 4.69) is 6.08 Å². The predicted octanol–water partition coefficient (Wildman–Crippen LogP) is 4.04. The van der Waals surface area contributed by atoms with E-state index in [1.807, 2.05) is 6.26 Å². The molecule has 0 fully saturated rings. The lowest BCUT2D eigenvalue weighted by molar-refractivity contribution is 0.239. The first-order valence-electron chi connectivity index (χ1n) is 5.77. The van der Waals surface area contributed by atoms with Gasteiger partial charge in [-0.1, -0.05) is 38.5 Å². The van der Waals surface area contributed by atoms with Crippen LogP contribution in [0.3, 0.4) is 0 Å². The lowest BCUT2D eigenvalue weighted by Gasteiger charge is -2.00. The number of hydrogen-bond acceptors (Lipinski definition) is 1. The molecular weight excluding hydrogens is 160 g/mol. The standard InChI is InChI=1S/C12H22O/c1-2-4-6-8-10-12-13-11-9-7-5-3-1/h9,11H,1-8,10,12H2. The van der Waals surface area contributed by atoms with E-state index in [1.165, 1.54) is 57.8 Å². The van der Waals surface area contributed by atoms with Gasteiger partial charge in [0.15, 0.2) is 0 Å². The van der Waals surface area contributed by atoms with Crippen LogP contribution in [0.25, 0.3) is 0 Å². The summed E-state index contributed by atoms with van der Waals surface area (Å²) in [5.74, 6) is 0. The molecule has 1 heterocycles. The molecule has 0 radical (unpaired) electrons. The van der Waals surface area contributed by atoms with Crippen molar-refractivity contribution >= 4 is 0 Å². The van der Waals surface area contributed by atoms with Crippen molar-refractivity contribution in [1.82, 2.24) is 0 Å². The van der Waals surface area contributed by atoms with Crippen molar-refractivity contribution in [1.29, 1.82) is 0 Å². The summed E-state index contributed by atoms with van der Waals surface area (Å²) >= 11 is 0. The van der Waals surface area contributed by atoms with Crippen LogP contribution >= 0.6 is 0 Å². The monoisotopic (exact) mass is 182 g/mol. The van der Waals surface area contributed by atoms with Crippen LogP contribution in [-0.4, -0.2) is 6.61 Å². The van der Waals surface area contributed by atoms with E-state index in [0.717, 1.165) is 6.61 Å². The van der Waals surface area contributed by atoms with Crippen LogP contribution in [0.15, 0.2) is 12.3 Å². The molecule has 0 N–H and O–H groups in total. The van der Waals surface area contributed by atoms with Crippen LogP contribution < -0.4 is 0 Å². The fourth-order valence-electron chi connectivity index (χ4n) is 1.71. The normalized spacial score (nSPS) is 22.2. The van der Waals surface area contributed by atoms with Gasteiger partial charge in [0.1, 0.15) is 0 Å². The van der Waals surface area contributed by atoms with Gasteiger partial charge >= 0.3 is 0 Å². The minimum atomic E-state index is 0.913. The molecular formula is C12H22O. The lowest BCUT2D eigenvalue weighted by Crippen LogP contribution is -1.87. The van der Waals surface area contributed by atoms with Crippen LogP contribution in [0.4, 0.5) is 0 Å². The summed E-state index contributed by atoms with van der Waals surface area (Å²) in [7, 11) is 0. The quantitative estimate of drug-likeness (QED) is 0.549. The second-order valence-corrected chi connectivity index (χ2v) is 3.86. The third-order valence-electron chi connectivity index (χ3n) is 2.58. The maximum Gasteiger partial charge on any atom is 0.0873 e. The number of rotatable bonds is 0. The van der Waals surface area contributed by atoms with Gasteiger partial charge in [-0.15, -0.1) is 0 Å². The Morgan fingerprint density at radius 3 is 2.08 bits per heavy atom. The Morgan fingerprint density at radius 2 is 1.31 bits per heavy atom. The summed E-state index contributed by atoms with van der Waals surface area (Å²) in [6.07, 6.45) is 16.2. The Morgan fingerprint density at radius 1 is 0.692 bits per heavy atom. The lowest BCUT2D eigenvalue weighted by atomic mass is 10.1. The fraction of sp³-hybridized carbons (Fsp3) is 0.833. The first-order valence-corrected chi connectivity index (χ1v) is 5.77. The highest BCUT2D eigenvalue weighted by molar-refractivity contribution is 4.73. The summed E-state index contributed by atoms with van der Waals surface area (Å²) in [6.45, 7) is 0.913. The third kappa shape index (κ3) is 6.68. The zero-order valence-electron chi connectivity index (χ0n) is 8.63. The van der Waals surface area contributed by atoms with Gasteiger partial charge in [-0.25, -0.2) is 0 Å². The van der Waals surface area contributed by atoms with Gasteiger partial charge in [0.25, 0.3) is 0 Å². The van der Waals surface area contributed by atoms with Crippen LogP contribution in [0.2, 0.25) is 0 Å². The maximum atomic E-state index is 5.37. The molecule has 0 aliphatic carbocycles. The Hall–Kier alpha value is -0.460. The molecule has 0 aromatic heterocycles. The molecule has 0 spiro atoms. The summed E-state index contributed by atoms with van der Waals surface area (Å²) < 4.78 is 5.37. The van der Waals surface area contributed by atoms with Gasteiger partial charge in [0.2, 0.25) is 0 Å². The van der Waals surface area contributed by atoms with Gasteiger partial charge in [-0.2, -0.15) is 0 Å². The van der Waals surface area contributed by atoms with Crippen molar-refractivity contribution in [2.75, 3.05) is 6.61 Å². The molecule has 0 atom stereocenters. The van der Waals surface area contributed by atoms with E-state index in [0.29, 0.717) is 0 Å². The Labute approximate surface area is 82.2 Å².